The van der Waals surface area contributed by atoms with E-state index in [0.717, 1.165) is 0 Å². The van der Waals surface area contributed by atoms with Crippen molar-refractivity contribution in [3.05, 3.63) is 29.0 Å². The number of hydrogen-bond acceptors (Lipinski definition) is 4. The molecule has 0 spiro atoms. The number of ether oxygens (including phenoxy) is 1. The van der Waals surface area contributed by atoms with E-state index < -0.39 is 6.04 Å². The van der Waals surface area contributed by atoms with E-state index in [2.05, 4.69) is 9.72 Å². The summed E-state index contributed by atoms with van der Waals surface area (Å²) in [6.45, 7) is 0. The van der Waals surface area contributed by atoms with E-state index in [9.17, 15) is 4.79 Å². The van der Waals surface area contributed by atoms with E-state index in [0.29, 0.717) is 10.6 Å². The van der Waals surface area contributed by atoms with Gasteiger partial charge in [0.1, 0.15) is 0 Å². The second-order valence-corrected chi connectivity index (χ2v) is 3.19. The Morgan fingerprint density at radius 1 is 1.73 bits per heavy atom. The molecule has 1 rings (SSSR count). The van der Waals surface area contributed by atoms with Gasteiger partial charge in [0.15, 0.2) is 0 Å². The van der Waals surface area contributed by atoms with E-state index in [1.165, 1.54) is 13.3 Å². The predicted octanol–water partition coefficient (Wildman–Crippen LogP) is 1.72. The normalized spacial score (nSPS) is 11.4. The lowest BCUT2D eigenvalue weighted by Crippen LogP contribution is -2.16. The third-order valence-electron chi connectivity index (χ3n) is 1.82. The molecule has 0 aliphatic carbocycles. The minimum absolute atomic E-state index is 0. The van der Waals surface area contributed by atoms with Crippen LogP contribution in [0.25, 0.3) is 0 Å². The molecule has 1 atom stereocenters. The molecule has 15 heavy (non-hydrogen) atoms. The fourth-order valence-corrected chi connectivity index (χ4v) is 1.32. The number of hydrogen-bond donors (Lipinski definition) is 1. The minimum atomic E-state index is -0.446. The van der Waals surface area contributed by atoms with Crippen molar-refractivity contribution in [2.75, 3.05) is 7.11 Å². The zero-order valence-corrected chi connectivity index (χ0v) is 9.72. The third-order valence-corrected chi connectivity index (χ3v) is 2.13. The fraction of sp³-hybridized carbons (Fsp3) is 0.333. The van der Waals surface area contributed by atoms with Crippen molar-refractivity contribution < 1.29 is 9.53 Å². The van der Waals surface area contributed by atoms with Crippen LogP contribution in [0, 0.1) is 0 Å². The highest BCUT2D eigenvalue weighted by Gasteiger charge is 2.14. The number of carbonyl (C=O) groups is 1. The summed E-state index contributed by atoms with van der Waals surface area (Å²) in [6.07, 6.45) is 3.19. The summed E-state index contributed by atoms with van der Waals surface area (Å²) in [6, 6.07) is 1.24. The van der Waals surface area contributed by atoms with E-state index in [1.807, 2.05) is 0 Å². The summed E-state index contributed by atoms with van der Waals surface area (Å²) in [5.41, 5.74) is 6.46. The van der Waals surface area contributed by atoms with E-state index >= 15 is 0 Å². The van der Waals surface area contributed by atoms with Gasteiger partial charge in [-0.2, -0.15) is 0 Å². The maximum absolute atomic E-state index is 10.9. The van der Waals surface area contributed by atoms with Crippen LogP contribution >= 0.6 is 24.0 Å². The van der Waals surface area contributed by atoms with E-state index in [-0.39, 0.29) is 24.8 Å². The van der Waals surface area contributed by atoms with Crippen LogP contribution in [-0.4, -0.2) is 18.1 Å². The minimum Gasteiger partial charge on any atom is -0.469 e. The summed E-state index contributed by atoms with van der Waals surface area (Å²) >= 11 is 5.85. The molecule has 0 fully saturated rings. The topological polar surface area (TPSA) is 65.2 Å². The molecule has 2 N–H and O–H groups in total. The number of carbonyl (C=O) groups excluding carboxylic acids is 1. The van der Waals surface area contributed by atoms with Crippen LogP contribution in [0.1, 0.15) is 18.0 Å². The molecule has 1 heterocycles. The van der Waals surface area contributed by atoms with Crippen molar-refractivity contribution in [1.82, 2.24) is 4.98 Å². The molecule has 1 aromatic rings. The van der Waals surface area contributed by atoms with Crippen LogP contribution in [0.5, 0.6) is 0 Å². The summed E-state index contributed by atoms with van der Waals surface area (Å²) < 4.78 is 4.50. The molecular weight excluding hydrogens is 239 g/mol. The quantitative estimate of drug-likeness (QED) is 0.830. The van der Waals surface area contributed by atoms with Gasteiger partial charge in [-0.05, 0) is 11.6 Å². The number of aromatic nitrogens is 1. The maximum Gasteiger partial charge on any atom is 0.307 e. The van der Waals surface area contributed by atoms with Crippen molar-refractivity contribution in [2.24, 2.45) is 5.73 Å². The molecule has 1 aromatic heterocycles. The Labute approximate surface area is 99.2 Å². The van der Waals surface area contributed by atoms with Crippen LogP contribution in [0.2, 0.25) is 5.02 Å². The van der Waals surface area contributed by atoms with Crippen molar-refractivity contribution in [3.8, 4) is 0 Å². The summed E-state index contributed by atoms with van der Waals surface area (Å²) in [5, 5.41) is 0.462. The Kier molecular flexibility index (Phi) is 6.24. The van der Waals surface area contributed by atoms with Crippen molar-refractivity contribution >= 4 is 30.0 Å². The molecule has 0 bridgehead atoms. The molecule has 0 saturated heterocycles. The molecule has 4 nitrogen and oxygen atoms in total. The monoisotopic (exact) mass is 250 g/mol. The highest BCUT2D eigenvalue weighted by molar-refractivity contribution is 6.31. The lowest BCUT2D eigenvalue weighted by molar-refractivity contribution is -0.141. The zero-order valence-electron chi connectivity index (χ0n) is 8.14. The Morgan fingerprint density at radius 3 is 2.93 bits per heavy atom. The Hall–Kier alpha value is -0.840. The van der Waals surface area contributed by atoms with E-state index in [4.69, 9.17) is 17.3 Å². The summed E-state index contributed by atoms with van der Waals surface area (Å²) in [4.78, 5) is 14.8. The van der Waals surface area contributed by atoms with Gasteiger partial charge >= 0.3 is 5.97 Å². The second kappa shape index (κ2) is 6.61. The van der Waals surface area contributed by atoms with Crippen LogP contribution in [0.3, 0.4) is 0 Å². The van der Waals surface area contributed by atoms with Gasteiger partial charge in [-0.1, -0.05) is 11.6 Å². The van der Waals surface area contributed by atoms with Crippen molar-refractivity contribution in [1.29, 1.82) is 0 Å². The number of pyridine rings is 1. The second-order valence-electron chi connectivity index (χ2n) is 2.78. The first-order chi connectivity index (χ1) is 6.65. The first-order valence-electron chi connectivity index (χ1n) is 4.07. The number of nitrogens with two attached hydrogens (primary N) is 1. The molecule has 0 radical (unpaired) electrons. The van der Waals surface area contributed by atoms with Crippen LogP contribution in [0.4, 0.5) is 0 Å². The SMILES string of the molecule is COC(=O)C[C@@H](N)c1ccncc1Cl.Cl. The lowest BCUT2D eigenvalue weighted by Gasteiger charge is -2.11. The summed E-state index contributed by atoms with van der Waals surface area (Å²) in [7, 11) is 1.32. The van der Waals surface area contributed by atoms with Gasteiger partial charge in [0, 0.05) is 18.4 Å². The van der Waals surface area contributed by atoms with Crippen LogP contribution in [0.15, 0.2) is 18.5 Å². The number of nitrogens with zero attached hydrogens (tertiary/aromatic N) is 1. The van der Waals surface area contributed by atoms with Crippen LogP contribution < -0.4 is 5.73 Å². The van der Waals surface area contributed by atoms with Crippen molar-refractivity contribution in [3.63, 3.8) is 0 Å². The average Bonchev–Trinajstić information content (AvgIpc) is 2.18. The first-order valence-corrected chi connectivity index (χ1v) is 4.44. The Balaban J connectivity index is 0.00000196. The Bertz CT molecular complexity index is 334. The van der Waals surface area contributed by atoms with Gasteiger partial charge in [0.05, 0.1) is 18.6 Å². The predicted molar refractivity (Wildman–Crippen MR) is 60.1 cm³/mol. The highest BCUT2D eigenvalue weighted by atomic mass is 35.5. The van der Waals surface area contributed by atoms with Gasteiger partial charge in [0.2, 0.25) is 0 Å². The summed E-state index contributed by atoms with van der Waals surface area (Å²) in [5.74, 6) is -0.356. The Morgan fingerprint density at radius 2 is 2.40 bits per heavy atom. The molecular formula is C9H12Cl2N2O2. The fourth-order valence-electron chi connectivity index (χ4n) is 1.06. The molecule has 0 aliphatic heterocycles. The number of esters is 1. The number of rotatable bonds is 3. The lowest BCUT2D eigenvalue weighted by atomic mass is 10.1. The molecule has 0 saturated carbocycles. The molecule has 0 aliphatic rings. The highest BCUT2D eigenvalue weighted by Crippen LogP contribution is 2.22. The largest absolute Gasteiger partial charge is 0.469 e. The van der Waals surface area contributed by atoms with Gasteiger partial charge in [0.25, 0.3) is 0 Å². The van der Waals surface area contributed by atoms with Gasteiger partial charge in [-0.15, -0.1) is 12.4 Å². The zero-order chi connectivity index (χ0) is 10.6. The standard InChI is InChI=1S/C9H11ClN2O2.ClH/c1-14-9(13)4-8(11)6-2-3-12-5-7(6)10;/h2-3,5,8H,4,11H2,1H3;1H/t8-;/m1./s1. The molecule has 6 heteroatoms. The number of halogens is 2. The molecule has 84 valence electrons. The van der Waals surface area contributed by atoms with E-state index in [1.54, 1.807) is 12.3 Å². The maximum atomic E-state index is 10.9. The average molecular weight is 251 g/mol. The molecule has 0 aromatic carbocycles. The van der Waals surface area contributed by atoms with Gasteiger partial charge in [-0.25, -0.2) is 0 Å². The van der Waals surface area contributed by atoms with Crippen molar-refractivity contribution in [2.45, 2.75) is 12.5 Å². The number of methoxy groups -OCH3 is 1. The molecule has 0 amide bonds. The molecule has 0 unspecified atom stereocenters. The smallest absolute Gasteiger partial charge is 0.307 e. The van der Waals surface area contributed by atoms with Crippen LogP contribution in [-0.2, 0) is 9.53 Å². The van der Waals surface area contributed by atoms with Gasteiger partial charge in [-0.3, -0.25) is 9.78 Å². The third kappa shape index (κ3) is 4.03. The first kappa shape index (κ1) is 14.2. The van der Waals surface area contributed by atoms with Gasteiger partial charge < -0.3 is 10.5 Å².